The number of ether oxygens (including phenoxy) is 1. The Kier molecular flexibility index (Phi) is 3.07. The van der Waals surface area contributed by atoms with Crippen LogP contribution in [0.15, 0.2) is 6.07 Å². The lowest BCUT2D eigenvalue weighted by molar-refractivity contribution is 0.0520. The monoisotopic (exact) mass is 283 g/mol. The van der Waals surface area contributed by atoms with E-state index in [1.807, 2.05) is 0 Å². The molecule has 0 aliphatic heterocycles. The first kappa shape index (κ1) is 9.50. The predicted octanol–water partition coefficient (Wildman–Crippen LogP) is 1.94. The largest absolute Gasteiger partial charge is 0.461 e. The van der Waals surface area contributed by atoms with Crippen molar-refractivity contribution in [1.82, 2.24) is 4.98 Å². The van der Waals surface area contributed by atoms with Crippen LogP contribution in [0.5, 0.6) is 0 Å². The number of carbonyl (C=O) groups is 1. The van der Waals surface area contributed by atoms with Gasteiger partial charge in [-0.3, -0.25) is 0 Å². The zero-order valence-electron chi connectivity index (χ0n) is 6.36. The third-order valence-corrected chi connectivity index (χ3v) is 2.01. The smallest absolute Gasteiger partial charge is 0.354 e. The molecule has 0 aliphatic carbocycles. The van der Waals surface area contributed by atoms with Crippen LogP contribution in [-0.4, -0.2) is 17.6 Å². The summed E-state index contributed by atoms with van der Waals surface area (Å²) in [7, 11) is 0. The van der Waals surface area contributed by atoms with E-state index in [4.69, 9.17) is 0 Å². The Morgan fingerprint density at radius 1 is 1.83 bits per heavy atom. The fraction of sp³-hybridized carbons (Fsp3) is 0.286. The molecule has 0 aromatic carbocycles. The molecule has 1 rings (SSSR count). The summed E-state index contributed by atoms with van der Waals surface area (Å²) < 4.78 is 17.7. The summed E-state index contributed by atoms with van der Waals surface area (Å²) in [5.74, 6) is -0.960. The quantitative estimate of drug-likeness (QED) is 0.665. The van der Waals surface area contributed by atoms with Crippen LogP contribution in [-0.2, 0) is 4.74 Å². The maximum atomic E-state index is 12.7. The highest BCUT2D eigenvalue weighted by molar-refractivity contribution is 14.1. The van der Waals surface area contributed by atoms with Gasteiger partial charge in [0.2, 0.25) is 0 Å². The van der Waals surface area contributed by atoms with Crippen LogP contribution in [0.3, 0.4) is 0 Å². The molecule has 12 heavy (non-hydrogen) atoms. The number of carbonyl (C=O) groups excluding carboxylic acids is 1. The highest BCUT2D eigenvalue weighted by Gasteiger charge is 2.12. The van der Waals surface area contributed by atoms with E-state index in [1.165, 1.54) is 0 Å². The Bertz CT molecular complexity index is 278. The number of halogens is 2. The highest BCUT2D eigenvalue weighted by Crippen LogP contribution is 2.11. The van der Waals surface area contributed by atoms with Crippen molar-refractivity contribution >= 4 is 28.6 Å². The van der Waals surface area contributed by atoms with E-state index in [9.17, 15) is 9.18 Å². The number of aromatic amines is 1. The van der Waals surface area contributed by atoms with E-state index in [0.29, 0.717) is 3.70 Å². The second-order valence-corrected chi connectivity index (χ2v) is 3.14. The lowest BCUT2D eigenvalue weighted by Gasteiger charge is -1.96. The Morgan fingerprint density at radius 3 is 2.92 bits per heavy atom. The molecule has 0 saturated carbocycles. The minimum atomic E-state index is -0.528. The van der Waals surface area contributed by atoms with Crippen molar-refractivity contribution in [1.29, 1.82) is 0 Å². The second-order valence-electron chi connectivity index (χ2n) is 2.07. The Morgan fingerprint density at radius 2 is 2.50 bits per heavy atom. The number of H-pyrrole nitrogens is 1. The molecule has 0 radical (unpaired) electrons. The molecule has 0 saturated heterocycles. The third-order valence-electron chi connectivity index (χ3n) is 1.22. The highest BCUT2D eigenvalue weighted by atomic mass is 127. The summed E-state index contributed by atoms with van der Waals surface area (Å²) in [6.07, 6.45) is 0. The molecule has 5 heteroatoms. The molecule has 3 nitrogen and oxygen atoms in total. The molecule has 0 amide bonds. The average Bonchev–Trinajstić information content (AvgIpc) is 2.33. The summed E-state index contributed by atoms with van der Waals surface area (Å²) in [5.41, 5.74) is 0.152. The van der Waals surface area contributed by atoms with Gasteiger partial charge in [-0.1, -0.05) is 0 Å². The molecule has 1 aromatic heterocycles. The van der Waals surface area contributed by atoms with Gasteiger partial charge in [0.1, 0.15) is 9.39 Å². The minimum Gasteiger partial charge on any atom is -0.461 e. The summed E-state index contributed by atoms with van der Waals surface area (Å²) in [5, 5.41) is 0. The predicted molar refractivity (Wildman–Crippen MR) is 49.4 cm³/mol. The van der Waals surface area contributed by atoms with Crippen LogP contribution < -0.4 is 0 Å². The molecule has 1 N–H and O–H groups in total. The first-order chi connectivity index (χ1) is 5.65. The van der Waals surface area contributed by atoms with Crippen LogP contribution in [0.2, 0.25) is 0 Å². The Balaban J connectivity index is 2.82. The zero-order valence-corrected chi connectivity index (χ0v) is 8.51. The number of esters is 1. The van der Waals surface area contributed by atoms with Gasteiger partial charge >= 0.3 is 5.97 Å². The number of nitrogens with one attached hydrogen (secondary N) is 1. The lowest BCUT2D eigenvalue weighted by Crippen LogP contribution is -2.04. The van der Waals surface area contributed by atoms with Gasteiger partial charge in [-0.25, -0.2) is 9.18 Å². The van der Waals surface area contributed by atoms with Gasteiger partial charge in [0.05, 0.1) is 6.61 Å². The van der Waals surface area contributed by atoms with Crippen molar-refractivity contribution in [3.05, 3.63) is 21.3 Å². The van der Waals surface area contributed by atoms with Crippen molar-refractivity contribution in [3.63, 3.8) is 0 Å². The van der Waals surface area contributed by atoms with Crippen molar-refractivity contribution in [2.45, 2.75) is 6.92 Å². The molecule has 0 atom stereocenters. The van der Waals surface area contributed by atoms with Crippen LogP contribution in [0.25, 0.3) is 0 Å². The zero-order chi connectivity index (χ0) is 9.14. The van der Waals surface area contributed by atoms with Crippen LogP contribution in [0, 0.1) is 9.52 Å². The van der Waals surface area contributed by atoms with Gasteiger partial charge < -0.3 is 9.72 Å². The van der Waals surface area contributed by atoms with Crippen molar-refractivity contribution < 1.29 is 13.9 Å². The summed E-state index contributed by atoms with van der Waals surface area (Å²) in [6.45, 7) is 1.98. The Labute approximate surface area is 82.4 Å². The summed E-state index contributed by atoms with van der Waals surface area (Å²) in [6, 6.07) is 1.12. The fourth-order valence-corrected chi connectivity index (χ4v) is 1.17. The molecule has 1 heterocycles. The van der Waals surface area contributed by atoms with Crippen molar-refractivity contribution in [2.75, 3.05) is 6.61 Å². The first-order valence-corrected chi connectivity index (χ1v) is 4.44. The molecule has 0 spiro atoms. The van der Waals surface area contributed by atoms with E-state index >= 15 is 0 Å². The van der Waals surface area contributed by atoms with E-state index in [0.717, 1.165) is 6.07 Å². The van der Waals surface area contributed by atoms with Gasteiger partial charge in [0, 0.05) is 6.07 Å². The van der Waals surface area contributed by atoms with E-state index in [2.05, 4.69) is 9.72 Å². The molecule has 0 bridgehead atoms. The molecular weight excluding hydrogens is 276 g/mol. The van der Waals surface area contributed by atoms with E-state index < -0.39 is 11.8 Å². The molecule has 0 fully saturated rings. The number of hydrogen-bond acceptors (Lipinski definition) is 2. The van der Waals surface area contributed by atoms with Gasteiger partial charge in [-0.05, 0) is 29.5 Å². The number of aromatic nitrogens is 1. The topological polar surface area (TPSA) is 42.1 Å². The van der Waals surface area contributed by atoms with Crippen LogP contribution in [0.4, 0.5) is 4.39 Å². The van der Waals surface area contributed by atoms with Gasteiger partial charge in [-0.2, -0.15) is 0 Å². The standard InChI is InChI=1S/C7H7FINO2/c1-2-12-7(11)5-3-4(8)6(9)10-5/h3,10H,2H2,1H3. The van der Waals surface area contributed by atoms with Crippen LogP contribution in [0.1, 0.15) is 17.4 Å². The molecule has 0 unspecified atom stereocenters. The molecular formula is C7H7FINO2. The van der Waals surface area contributed by atoms with Crippen molar-refractivity contribution in [3.8, 4) is 0 Å². The Hall–Kier alpha value is -0.590. The van der Waals surface area contributed by atoms with Gasteiger partial charge in [0.25, 0.3) is 0 Å². The summed E-state index contributed by atoms with van der Waals surface area (Å²) in [4.78, 5) is 13.6. The average molecular weight is 283 g/mol. The maximum Gasteiger partial charge on any atom is 0.354 e. The molecule has 66 valence electrons. The van der Waals surface area contributed by atoms with Gasteiger partial charge in [0.15, 0.2) is 5.82 Å². The third kappa shape index (κ3) is 1.96. The first-order valence-electron chi connectivity index (χ1n) is 3.36. The SMILES string of the molecule is CCOC(=O)c1cc(F)c(I)[nH]1. The van der Waals surface area contributed by atoms with E-state index in [1.54, 1.807) is 29.5 Å². The number of rotatable bonds is 2. The normalized spacial score (nSPS) is 9.92. The second kappa shape index (κ2) is 3.88. The molecule has 1 aromatic rings. The van der Waals surface area contributed by atoms with Crippen molar-refractivity contribution in [2.24, 2.45) is 0 Å². The molecule has 0 aliphatic rings. The van der Waals surface area contributed by atoms with E-state index in [-0.39, 0.29) is 12.3 Å². The summed E-state index contributed by atoms with van der Waals surface area (Å²) >= 11 is 1.77. The maximum absolute atomic E-state index is 12.7. The fourth-order valence-electron chi connectivity index (χ4n) is 0.723. The van der Waals surface area contributed by atoms with Gasteiger partial charge in [-0.15, -0.1) is 0 Å². The van der Waals surface area contributed by atoms with Crippen LogP contribution >= 0.6 is 22.6 Å². The lowest BCUT2D eigenvalue weighted by atomic mass is 10.4. The minimum absolute atomic E-state index is 0.152. The number of hydrogen-bond donors (Lipinski definition) is 1.